The van der Waals surface area contributed by atoms with Crippen molar-refractivity contribution in [3.63, 3.8) is 0 Å². The SMILES string of the molecule is C[C@@H]1CNCCN1C(=O)c1ccc(Oc2cccc(Cl)c2Cl)nc1.Cl.Cl. The minimum Gasteiger partial charge on any atom is -0.437 e. The number of rotatable bonds is 3. The first-order valence-electron chi connectivity index (χ1n) is 7.66. The van der Waals surface area contributed by atoms with Gasteiger partial charge in [0.05, 0.1) is 10.6 Å². The van der Waals surface area contributed by atoms with Crippen LogP contribution in [0, 0.1) is 0 Å². The van der Waals surface area contributed by atoms with E-state index >= 15 is 0 Å². The fraction of sp³-hybridized carbons (Fsp3) is 0.294. The number of ether oxygens (including phenoxy) is 1. The summed E-state index contributed by atoms with van der Waals surface area (Å²) in [5.41, 5.74) is 0.535. The van der Waals surface area contributed by atoms with Crippen LogP contribution in [0.2, 0.25) is 10.0 Å². The van der Waals surface area contributed by atoms with Crippen LogP contribution in [0.15, 0.2) is 36.5 Å². The number of nitrogens with one attached hydrogen (secondary N) is 1. The van der Waals surface area contributed by atoms with Gasteiger partial charge in [-0.2, -0.15) is 0 Å². The molecule has 1 aliphatic heterocycles. The van der Waals surface area contributed by atoms with Gasteiger partial charge in [0.15, 0.2) is 0 Å². The number of halogens is 4. The monoisotopic (exact) mass is 437 g/mol. The molecule has 3 rings (SSSR count). The highest BCUT2D eigenvalue weighted by atomic mass is 35.5. The Morgan fingerprint density at radius 1 is 1.27 bits per heavy atom. The molecule has 1 N–H and O–H groups in total. The third-order valence-electron chi connectivity index (χ3n) is 3.88. The van der Waals surface area contributed by atoms with E-state index in [1.807, 2.05) is 11.8 Å². The Morgan fingerprint density at radius 2 is 2.04 bits per heavy atom. The Hall–Kier alpha value is -1.24. The van der Waals surface area contributed by atoms with Crippen molar-refractivity contribution in [2.24, 2.45) is 0 Å². The normalized spacial score (nSPS) is 16.3. The zero-order chi connectivity index (χ0) is 17.1. The van der Waals surface area contributed by atoms with E-state index in [0.29, 0.717) is 33.8 Å². The molecule has 2 heterocycles. The van der Waals surface area contributed by atoms with E-state index in [1.165, 1.54) is 6.20 Å². The van der Waals surface area contributed by atoms with Gasteiger partial charge in [-0.15, -0.1) is 24.8 Å². The Kier molecular flexibility index (Phi) is 8.93. The highest BCUT2D eigenvalue weighted by molar-refractivity contribution is 6.42. The number of carbonyl (C=O) groups is 1. The smallest absolute Gasteiger partial charge is 0.255 e. The highest BCUT2D eigenvalue weighted by Crippen LogP contribution is 2.34. The maximum Gasteiger partial charge on any atom is 0.255 e. The first kappa shape index (κ1) is 22.8. The molecular formula is C17H19Cl4N3O2. The molecule has 1 aromatic heterocycles. The number of carbonyl (C=O) groups excluding carboxylic acids is 1. The molecule has 2 aromatic rings. The number of benzene rings is 1. The summed E-state index contributed by atoms with van der Waals surface area (Å²) in [6.45, 7) is 4.32. The summed E-state index contributed by atoms with van der Waals surface area (Å²) in [6.07, 6.45) is 1.52. The maximum atomic E-state index is 12.6. The molecule has 1 aliphatic rings. The minimum absolute atomic E-state index is 0. The van der Waals surface area contributed by atoms with Crippen LogP contribution in [-0.2, 0) is 0 Å². The Balaban J connectivity index is 0.00000169. The first-order valence-corrected chi connectivity index (χ1v) is 8.41. The Labute approximate surface area is 174 Å². The molecule has 0 radical (unpaired) electrons. The molecule has 0 bridgehead atoms. The lowest BCUT2D eigenvalue weighted by Gasteiger charge is -2.33. The second kappa shape index (κ2) is 10.2. The molecule has 0 saturated carbocycles. The van der Waals surface area contributed by atoms with Crippen LogP contribution < -0.4 is 10.1 Å². The Bertz CT molecular complexity index is 743. The summed E-state index contributed by atoms with van der Waals surface area (Å²) in [4.78, 5) is 18.6. The minimum atomic E-state index is -0.0242. The van der Waals surface area contributed by atoms with Crippen LogP contribution in [0.4, 0.5) is 0 Å². The van der Waals surface area contributed by atoms with Crippen molar-refractivity contribution in [2.75, 3.05) is 19.6 Å². The molecule has 26 heavy (non-hydrogen) atoms. The topological polar surface area (TPSA) is 54.5 Å². The number of nitrogens with zero attached hydrogens (tertiary/aromatic N) is 2. The molecule has 9 heteroatoms. The largest absolute Gasteiger partial charge is 0.437 e. The molecule has 5 nitrogen and oxygen atoms in total. The predicted molar refractivity (Wildman–Crippen MR) is 109 cm³/mol. The Morgan fingerprint density at radius 3 is 2.69 bits per heavy atom. The number of amides is 1. The molecule has 1 amide bonds. The van der Waals surface area contributed by atoms with Crippen LogP contribution in [-0.4, -0.2) is 41.5 Å². The third-order valence-corrected chi connectivity index (χ3v) is 4.68. The van der Waals surface area contributed by atoms with Gasteiger partial charge in [-0.25, -0.2) is 4.98 Å². The number of piperazine rings is 1. The standard InChI is InChI=1S/C17H17Cl2N3O2.2ClH/c1-11-9-20-7-8-22(11)17(23)12-5-6-15(21-10-12)24-14-4-2-3-13(18)16(14)19;;/h2-6,10-11,20H,7-9H2,1H3;2*1H/t11-;;/m1../s1. The average molecular weight is 439 g/mol. The summed E-state index contributed by atoms with van der Waals surface area (Å²) in [6, 6.07) is 8.65. The number of hydrogen-bond donors (Lipinski definition) is 1. The van der Waals surface area contributed by atoms with E-state index in [1.54, 1.807) is 30.3 Å². The van der Waals surface area contributed by atoms with Gasteiger partial charge in [0.25, 0.3) is 5.91 Å². The van der Waals surface area contributed by atoms with Crippen molar-refractivity contribution in [1.29, 1.82) is 0 Å². The van der Waals surface area contributed by atoms with Crippen molar-refractivity contribution in [3.8, 4) is 11.6 Å². The molecular weight excluding hydrogens is 420 g/mol. The summed E-state index contributed by atoms with van der Waals surface area (Å²) < 4.78 is 5.63. The zero-order valence-electron chi connectivity index (χ0n) is 13.9. The first-order chi connectivity index (χ1) is 11.6. The quantitative estimate of drug-likeness (QED) is 0.768. The predicted octanol–water partition coefficient (Wildman–Crippen LogP) is 4.46. The fourth-order valence-corrected chi connectivity index (χ4v) is 2.88. The second-order valence-corrected chi connectivity index (χ2v) is 6.38. The summed E-state index contributed by atoms with van der Waals surface area (Å²) in [7, 11) is 0. The van der Waals surface area contributed by atoms with E-state index in [9.17, 15) is 4.79 Å². The van der Waals surface area contributed by atoms with E-state index in [4.69, 9.17) is 27.9 Å². The number of hydrogen-bond acceptors (Lipinski definition) is 4. The van der Waals surface area contributed by atoms with Gasteiger partial charge in [-0.1, -0.05) is 29.3 Å². The third kappa shape index (κ3) is 5.15. The molecule has 1 atom stereocenters. The molecule has 1 saturated heterocycles. The second-order valence-electron chi connectivity index (χ2n) is 5.59. The van der Waals surface area contributed by atoms with Gasteiger partial charge >= 0.3 is 0 Å². The zero-order valence-corrected chi connectivity index (χ0v) is 17.1. The molecule has 1 fully saturated rings. The van der Waals surface area contributed by atoms with Crippen molar-refractivity contribution in [2.45, 2.75) is 13.0 Å². The van der Waals surface area contributed by atoms with Gasteiger partial charge in [0.1, 0.15) is 10.8 Å². The average Bonchev–Trinajstić information content (AvgIpc) is 2.59. The summed E-state index contributed by atoms with van der Waals surface area (Å²) in [5.74, 6) is 0.749. The van der Waals surface area contributed by atoms with Crippen LogP contribution in [0.25, 0.3) is 0 Å². The van der Waals surface area contributed by atoms with E-state index in [0.717, 1.165) is 13.1 Å². The summed E-state index contributed by atoms with van der Waals surface area (Å²) >= 11 is 12.0. The van der Waals surface area contributed by atoms with Crippen molar-refractivity contribution in [1.82, 2.24) is 15.2 Å². The molecule has 0 aliphatic carbocycles. The van der Waals surface area contributed by atoms with Crippen molar-refractivity contribution < 1.29 is 9.53 Å². The number of pyridine rings is 1. The molecule has 142 valence electrons. The van der Waals surface area contributed by atoms with Gasteiger partial charge in [-0.3, -0.25) is 4.79 Å². The van der Waals surface area contributed by atoms with Crippen molar-refractivity contribution in [3.05, 3.63) is 52.1 Å². The maximum absolute atomic E-state index is 12.6. The fourth-order valence-electron chi connectivity index (χ4n) is 2.55. The molecule has 1 aromatic carbocycles. The number of aromatic nitrogens is 1. The van der Waals surface area contributed by atoms with E-state index in [-0.39, 0.29) is 36.8 Å². The van der Waals surface area contributed by atoms with E-state index in [2.05, 4.69) is 10.3 Å². The highest BCUT2D eigenvalue weighted by Gasteiger charge is 2.24. The summed E-state index contributed by atoms with van der Waals surface area (Å²) in [5, 5.41) is 4.00. The van der Waals surface area contributed by atoms with Gasteiger partial charge < -0.3 is 15.0 Å². The van der Waals surface area contributed by atoms with E-state index < -0.39 is 0 Å². The van der Waals surface area contributed by atoms with Gasteiger partial charge in [-0.05, 0) is 25.1 Å². The van der Waals surface area contributed by atoms with Crippen LogP contribution in [0.1, 0.15) is 17.3 Å². The lowest BCUT2D eigenvalue weighted by atomic mass is 10.1. The van der Waals surface area contributed by atoms with Crippen LogP contribution >= 0.6 is 48.0 Å². The van der Waals surface area contributed by atoms with Gasteiger partial charge in [0.2, 0.25) is 5.88 Å². The molecule has 0 spiro atoms. The van der Waals surface area contributed by atoms with Gasteiger partial charge in [0, 0.05) is 37.9 Å². The molecule has 0 unspecified atom stereocenters. The van der Waals surface area contributed by atoms with Crippen LogP contribution in [0.3, 0.4) is 0 Å². The van der Waals surface area contributed by atoms with Crippen LogP contribution in [0.5, 0.6) is 11.6 Å². The lowest BCUT2D eigenvalue weighted by molar-refractivity contribution is 0.0655. The van der Waals surface area contributed by atoms with Crippen molar-refractivity contribution >= 4 is 53.9 Å². The lowest BCUT2D eigenvalue weighted by Crippen LogP contribution is -2.52.